The van der Waals surface area contributed by atoms with Crippen molar-refractivity contribution in [1.29, 1.82) is 0 Å². The Balaban J connectivity index is 2.98. The molecule has 1 aromatic carbocycles. The molecule has 1 rings (SSSR count). The highest BCUT2D eigenvalue weighted by Gasteiger charge is 2.33. The smallest absolute Gasteiger partial charge is 0.406 e. The summed E-state index contributed by atoms with van der Waals surface area (Å²) in [6.45, 7) is 2.52. The van der Waals surface area contributed by atoms with Crippen LogP contribution in [0.25, 0.3) is 0 Å². The molecule has 0 unspecified atom stereocenters. The highest BCUT2D eigenvalue weighted by molar-refractivity contribution is 7.89. The fourth-order valence-corrected chi connectivity index (χ4v) is 2.65. The van der Waals surface area contributed by atoms with E-state index >= 15 is 0 Å². The van der Waals surface area contributed by atoms with Crippen LogP contribution in [0.2, 0.25) is 0 Å². The number of alkyl halides is 3. The molecule has 0 saturated heterocycles. The molecular formula is C11H13F3N2O4S. The molecule has 21 heavy (non-hydrogen) atoms. The lowest BCUT2D eigenvalue weighted by Crippen LogP contribution is -2.52. The summed E-state index contributed by atoms with van der Waals surface area (Å²) in [7, 11) is -4.11. The maximum atomic E-state index is 12.0. The van der Waals surface area contributed by atoms with Crippen LogP contribution < -0.4 is 15.2 Å². The normalized spacial score (nSPS) is 13.0. The second-order valence-corrected chi connectivity index (χ2v) is 6.30. The minimum atomic E-state index is -4.87. The molecule has 0 atom stereocenters. The van der Waals surface area contributed by atoms with Crippen LogP contribution in [0.1, 0.15) is 13.8 Å². The van der Waals surface area contributed by atoms with Crippen LogP contribution in [0.3, 0.4) is 0 Å². The third-order valence-corrected chi connectivity index (χ3v) is 4.04. The second-order valence-electron chi connectivity index (χ2n) is 4.61. The summed E-state index contributed by atoms with van der Waals surface area (Å²) in [5.74, 6) is -1.46. The van der Waals surface area contributed by atoms with Gasteiger partial charge in [-0.3, -0.25) is 4.79 Å². The lowest BCUT2D eigenvalue weighted by molar-refractivity contribution is -0.274. The number of benzene rings is 1. The highest BCUT2D eigenvalue weighted by Crippen LogP contribution is 2.24. The van der Waals surface area contributed by atoms with Crippen molar-refractivity contribution in [2.45, 2.75) is 30.6 Å². The van der Waals surface area contributed by atoms with E-state index in [2.05, 4.69) is 9.46 Å². The molecule has 0 aliphatic heterocycles. The average molecular weight is 326 g/mol. The Bertz CT molecular complexity index is 624. The zero-order valence-corrected chi connectivity index (χ0v) is 11.9. The first-order valence-corrected chi connectivity index (χ1v) is 7.01. The van der Waals surface area contributed by atoms with Crippen molar-refractivity contribution in [3.63, 3.8) is 0 Å². The van der Waals surface area contributed by atoms with Crippen LogP contribution in [0.5, 0.6) is 5.75 Å². The van der Waals surface area contributed by atoms with Gasteiger partial charge >= 0.3 is 6.36 Å². The summed E-state index contributed by atoms with van der Waals surface area (Å²) >= 11 is 0. The molecule has 0 radical (unpaired) electrons. The van der Waals surface area contributed by atoms with Crippen LogP contribution in [0.15, 0.2) is 29.2 Å². The van der Waals surface area contributed by atoms with E-state index < -0.39 is 33.6 Å². The minimum absolute atomic E-state index is 0.327. The Morgan fingerprint density at radius 2 is 1.67 bits per heavy atom. The van der Waals surface area contributed by atoms with Gasteiger partial charge in [0.25, 0.3) is 0 Å². The highest BCUT2D eigenvalue weighted by atomic mass is 32.2. The van der Waals surface area contributed by atoms with Gasteiger partial charge in [-0.15, -0.1) is 13.2 Å². The Hall–Kier alpha value is -1.81. The molecule has 3 N–H and O–H groups in total. The number of hydrogen-bond donors (Lipinski definition) is 2. The molecule has 118 valence electrons. The zero-order chi connectivity index (χ0) is 16.5. The fourth-order valence-electron chi connectivity index (χ4n) is 1.27. The van der Waals surface area contributed by atoms with Gasteiger partial charge in [0.15, 0.2) is 0 Å². The van der Waals surface area contributed by atoms with Crippen molar-refractivity contribution in [3.05, 3.63) is 24.3 Å². The predicted molar refractivity (Wildman–Crippen MR) is 66.7 cm³/mol. The fraction of sp³-hybridized carbons (Fsp3) is 0.364. The summed E-state index contributed by atoms with van der Waals surface area (Å²) in [4.78, 5) is 10.8. The molecule has 10 heteroatoms. The van der Waals surface area contributed by atoms with Crippen LogP contribution in [0, 0.1) is 0 Å². The van der Waals surface area contributed by atoms with E-state index in [1.54, 1.807) is 0 Å². The number of nitrogens with one attached hydrogen (secondary N) is 1. The predicted octanol–water partition coefficient (Wildman–Crippen LogP) is 1.13. The Morgan fingerprint density at radius 1 is 1.19 bits per heavy atom. The number of rotatable bonds is 5. The molecule has 6 nitrogen and oxygen atoms in total. The number of carbonyl (C=O) groups excluding carboxylic acids is 1. The van der Waals surface area contributed by atoms with E-state index in [0.717, 1.165) is 24.3 Å². The molecular weight excluding hydrogens is 313 g/mol. The zero-order valence-electron chi connectivity index (χ0n) is 11.1. The number of ether oxygens (including phenoxy) is 1. The molecule has 0 heterocycles. The lowest BCUT2D eigenvalue weighted by atomic mass is 10.1. The maximum absolute atomic E-state index is 12.0. The number of primary amides is 1. The summed E-state index contributed by atoms with van der Waals surface area (Å²) in [5.41, 5.74) is 3.50. The van der Waals surface area contributed by atoms with Crippen molar-refractivity contribution < 1.29 is 31.1 Å². The first kappa shape index (κ1) is 17.2. The van der Waals surface area contributed by atoms with Crippen molar-refractivity contribution >= 4 is 15.9 Å². The van der Waals surface area contributed by atoms with E-state index in [4.69, 9.17) is 5.73 Å². The largest absolute Gasteiger partial charge is 0.573 e. The topological polar surface area (TPSA) is 98.5 Å². The van der Waals surface area contributed by atoms with Crippen LogP contribution in [-0.2, 0) is 14.8 Å². The molecule has 0 aliphatic rings. The quantitative estimate of drug-likeness (QED) is 0.847. The standard InChI is InChI=1S/C11H13F3N2O4S/c1-10(2,9(15)17)16-21(18,19)8-5-3-7(4-6-8)20-11(12,13)14/h3-6,16H,1-2H3,(H2,15,17). The van der Waals surface area contributed by atoms with Gasteiger partial charge in [0, 0.05) is 0 Å². The summed E-state index contributed by atoms with van der Waals surface area (Å²) in [6, 6.07) is 3.53. The van der Waals surface area contributed by atoms with Crippen molar-refractivity contribution in [1.82, 2.24) is 4.72 Å². The van der Waals surface area contributed by atoms with Gasteiger partial charge in [0.1, 0.15) is 11.3 Å². The number of amides is 1. The first-order valence-electron chi connectivity index (χ1n) is 5.53. The van der Waals surface area contributed by atoms with E-state index in [-0.39, 0.29) is 4.90 Å². The molecule has 0 saturated carbocycles. The molecule has 1 amide bonds. The summed E-state index contributed by atoms with van der Waals surface area (Å²) in [6.07, 6.45) is -4.87. The molecule has 0 fully saturated rings. The van der Waals surface area contributed by atoms with E-state index in [9.17, 15) is 26.4 Å². The SMILES string of the molecule is CC(C)(NS(=O)(=O)c1ccc(OC(F)(F)F)cc1)C(N)=O. The lowest BCUT2D eigenvalue weighted by Gasteiger charge is -2.22. The second kappa shape index (κ2) is 5.53. The molecule has 0 aromatic heterocycles. The average Bonchev–Trinajstić information content (AvgIpc) is 2.25. The van der Waals surface area contributed by atoms with Crippen molar-refractivity contribution in [2.24, 2.45) is 5.73 Å². The van der Waals surface area contributed by atoms with Gasteiger partial charge in [0.2, 0.25) is 15.9 Å². The minimum Gasteiger partial charge on any atom is -0.406 e. The third-order valence-electron chi connectivity index (χ3n) is 2.37. The van der Waals surface area contributed by atoms with Gasteiger partial charge in [-0.2, -0.15) is 4.72 Å². The Kier molecular flexibility index (Phi) is 4.54. The van der Waals surface area contributed by atoms with Crippen molar-refractivity contribution in [2.75, 3.05) is 0 Å². The monoisotopic (exact) mass is 326 g/mol. The molecule has 0 spiro atoms. The molecule has 0 aliphatic carbocycles. The third kappa shape index (κ3) is 4.90. The summed E-state index contributed by atoms with van der Waals surface area (Å²) < 4.78 is 65.6. The van der Waals surface area contributed by atoms with Gasteiger partial charge in [0.05, 0.1) is 4.90 Å². The van der Waals surface area contributed by atoms with E-state index in [0.29, 0.717) is 0 Å². The summed E-state index contributed by atoms with van der Waals surface area (Å²) in [5, 5.41) is 0. The van der Waals surface area contributed by atoms with E-state index in [1.807, 2.05) is 0 Å². The van der Waals surface area contributed by atoms with Gasteiger partial charge in [-0.1, -0.05) is 0 Å². The van der Waals surface area contributed by atoms with E-state index in [1.165, 1.54) is 13.8 Å². The van der Waals surface area contributed by atoms with Gasteiger partial charge < -0.3 is 10.5 Å². The number of sulfonamides is 1. The number of halogens is 3. The Labute approximate surface area is 119 Å². The first-order chi connectivity index (χ1) is 9.33. The van der Waals surface area contributed by atoms with Crippen molar-refractivity contribution in [3.8, 4) is 5.75 Å². The Morgan fingerprint density at radius 3 is 2.05 bits per heavy atom. The van der Waals surface area contributed by atoms with Crippen LogP contribution >= 0.6 is 0 Å². The number of carbonyl (C=O) groups is 1. The van der Waals surface area contributed by atoms with Crippen LogP contribution in [0.4, 0.5) is 13.2 Å². The van der Waals surface area contributed by atoms with Crippen LogP contribution in [-0.4, -0.2) is 26.2 Å². The molecule has 1 aromatic rings. The maximum Gasteiger partial charge on any atom is 0.573 e. The van der Waals surface area contributed by atoms with Gasteiger partial charge in [-0.05, 0) is 38.1 Å². The molecule has 0 bridgehead atoms. The number of nitrogens with two attached hydrogens (primary N) is 1. The number of hydrogen-bond acceptors (Lipinski definition) is 4. The van der Waals surface area contributed by atoms with Gasteiger partial charge in [-0.25, -0.2) is 8.42 Å².